The molecule has 3 aromatic carbocycles. The van der Waals surface area contributed by atoms with Gasteiger partial charge in [0.15, 0.2) is 0 Å². The number of hydrogen-bond acceptors (Lipinski definition) is 8. The lowest BCUT2D eigenvalue weighted by Crippen LogP contribution is -2.61. The van der Waals surface area contributed by atoms with E-state index in [1.165, 1.54) is 37.1 Å². The van der Waals surface area contributed by atoms with Crippen LogP contribution in [0.3, 0.4) is 0 Å². The number of esters is 2. The second kappa shape index (κ2) is 25.3. The van der Waals surface area contributed by atoms with Crippen LogP contribution in [0.1, 0.15) is 101 Å². The quantitative estimate of drug-likeness (QED) is 0.0348. The topological polar surface area (TPSA) is 109 Å². The van der Waals surface area contributed by atoms with Crippen LogP contribution in [0.4, 0.5) is 39.5 Å². The fourth-order valence-electron chi connectivity index (χ4n) is 7.57. The first-order valence-corrected chi connectivity index (χ1v) is 21.6. The highest BCUT2D eigenvalue weighted by molar-refractivity contribution is 5.88. The molecule has 5 atom stereocenters. The Hall–Kier alpha value is -4.94. The Morgan fingerprint density at radius 3 is 1.27 bits per heavy atom. The minimum absolute atomic E-state index is 0.169. The van der Waals surface area contributed by atoms with Gasteiger partial charge in [0.2, 0.25) is 0 Å². The monoisotopic (exact) mass is 947 g/mol. The number of rotatable bonds is 27. The molecule has 0 aliphatic carbocycles. The SMILES string of the molecule is CCCCCCCCCCCCC/C=C/[C@H](OC(=O)[C@](OC)(c1ccccc1)C(F)(F)F)[C@H](COC(=O)[C@](OC)(c1ccccc1)C(F)(F)F)NC(=O)[C@](OC)(c1ccccc1)C(F)(F)F. The summed E-state index contributed by atoms with van der Waals surface area (Å²) in [5.41, 5.74) is -14.0. The molecule has 18 heteroatoms. The predicted octanol–water partition coefficient (Wildman–Crippen LogP) is 11.5. The highest BCUT2D eigenvalue weighted by Gasteiger charge is 2.67. The second-order valence-electron chi connectivity index (χ2n) is 15.5. The maximum Gasteiger partial charge on any atom is 0.432 e. The summed E-state index contributed by atoms with van der Waals surface area (Å²) >= 11 is 0. The zero-order chi connectivity index (χ0) is 49.1. The molecular formula is C48H58F9NO8. The molecule has 9 nitrogen and oxygen atoms in total. The lowest BCUT2D eigenvalue weighted by atomic mass is 9.90. The molecule has 0 fully saturated rings. The number of methoxy groups -OCH3 is 3. The molecule has 0 radical (unpaired) electrons. The van der Waals surface area contributed by atoms with E-state index in [1.807, 2.05) is 5.32 Å². The molecule has 3 rings (SSSR count). The fourth-order valence-corrected chi connectivity index (χ4v) is 7.57. The zero-order valence-corrected chi connectivity index (χ0v) is 37.3. The third kappa shape index (κ3) is 13.1. The first-order chi connectivity index (χ1) is 31.2. The first kappa shape index (κ1) is 55.4. The number of alkyl halides is 9. The van der Waals surface area contributed by atoms with Crippen LogP contribution in [0.2, 0.25) is 0 Å². The van der Waals surface area contributed by atoms with E-state index in [2.05, 4.69) is 6.92 Å². The van der Waals surface area contributed by atoms with Gasteiger partial charge in [0, 0.05) is 38.0 Å². The number of carbonyl (C=O) groups excluding carboxylic acids is 3. The van der Waals surface area contributed by atoms with Crippen LogP contribution < -0.4 is 5.32 Å². The van der Waals surface area contributed by atoms with Crippen LogP contribution in [-0.2, 0) is 54.9 Å². The van der Waals surface area contributed by atoms with E-state index in [-0.39, 0.29) is 6.42 Å². The van der Waals surface area contributed by atoms with E-state index in [4.69, 9.17) is 23.7 Å². The maximum atomic E-state index is 15.2. The van der Waals surface area contributed by atoms with Gasteiger partial charge < -0.3 is 29.0 Å². The van der Waals surface area contributed by atoms with Gasteiger partial charge >= 0.3 is 30.5 Å². The average Bonchev–Trinajstić information content (AvgIpc) is 3.27. The molecule has 0 aliphatic heterocycles. The number of halogens is 9. The Kier molecular flexibility index (Phi) is 21.2. The number of amides is 1. The smallest absolute Gasteiger partial charge is 0.432 e. The van der Waals surface area contributed by atoms with Gasteiger partial charge in [0.05, 0.1) is 0 Å². The summed E-state index contributed by atoms with van der Waals surface area (Å²) in [5.74, 6) is -6.42. The lowest BCUT2D eigenvalue weighted by Gasteiger charge is -2.37. The van der Waals surface area contributed by atoms with Crippen LogP contribution in [-0.4, -0.2) is 76.5 Å². The first-order valence-electron chi connectivity index (χ1n) is 21.6. The van der Waals surface area contributed by atoms with E-state index in [9.17, 15) is 27.6 Å². The van der Waals surface area contributed by atoms with Crippen molar-refractivity contribution in [2.45, 2.75) is 131 Å². The Morgan fingerprint density at radius 2 is 0.894 bits per heavy atom. The van der Waals surface area contributed by atoms with Crippen LogP contribution in [0.25, 0.3) is 0 Å². The molecule has 0 saturated carbocycles. The zero-order valence-electron chi connectivity index (χ0n) is 37.3. The lowest BCUT2D eigenvalue weighted by molar-refractivity contribution is -0.279. The maximum absolute atomic E-state index is 15.2. The number of allylic oxidation sites excluding steroid dienone is 1. The van der Waals surface area contributed by atoms with Crippen molar-refractivity contribution in [3.05, 3.63) is 120 Å². The van der Waals surface area contributed by atoms with Gasteiger partial charge in [0.25, 0.3) is 22.7 Å². The van der Waals surface area contributed by atoms with Crippen LogP contribution >= 0.6 is 0 Å². The molecule has 1 amide bonds. The number of hydrogen-bond donors (Lipinski definition) is 1. The molecule has 0 aliphatic rings. The fraction of sp³-hybridized carbons (Fsp3) is 0.521. The summed E-state index contributed by atoms with van der Waals surface area (Å²) in [6.45, 7) is 0.612. The number of ether oxygens (including phenoxy) is 5. The normalized spacial score (nSPS) is 16.1. The van der Waals surface area contributed by atoms with Gasteiger partial charge in [-0.3, -0.25) is 4.79 Å². The summed E-state index contributed by atoms with van der Waals surface area (Å²) in [6, 6.07) is 14.0. The number of benzene rings is 3. The standard InChI is InChI=1S/C48H58F9NO8/c1-5-6-7-8-9-10-11-12-13-14-15-16-26-33-39(66-42(61)45(64-4,48(55,56)57)37-31-24-19-25-32-37)38(58-40(59)43(62-2,46(49,50)51)35-27-20-17-21-28-35)34-65-41(60)44(63-3,47(52,53)54)36-29-22-18-23-30-36/h17-33,38-39H,5-16,34H2,1-4H3,(H,58,59)/b33-26+/t38-,39-,43+,44+,45+/m0/s1. The van der Waals surface area contributed by atoms with Crippen LogP contribution in [0.15, 0.2) is 103 Å². The van der Waals surface area contributed by atoms with E-state index < -0.39 is 88.6 Å². The van der Waals surface area contributed by atoms with Crippen molar-refractivity contribution in [1.82, 2.24) is 5.32 Å². The number of nitrogens with one attached hydrogen (secondary N) is 1. The highest BCUT2D eigenvalue weighted by Crippen LogP contribution is 2.46. The summed E-state index contributed by atoms with van der Waals surface area (Å²) in [5, 5.41) is 1.93. The van der Waals surface area contributed by atoms with Crippen molar-refractivity contribution < 1.29 is 77.6 Å². The predicted molar refractivity (Wildman–Crippen MR) is 227 cm³/mol. The summed E-state index contributed by atoms with van der Waals surface area (Å²) in [6.07, 6.45) is -5.74. The van der Waals surface area contributed by atoms with Gasteiger partial charge in [-0.2, -0.15) is 39.5 Å². The van der Waals surface area contributed by atoms with E-state index >= 15 is 26.3 Å². The van der Waals surface area contributed by atoms with Gasteiger partial charge in [-0.25, -0.2) is 9.59 Å². The van der Waals surface area contributed by atoms with Gasteiger partial charge in [-0.15, -0.1) is 0 Å². The van der Waals surface area contributed by atoms with Crippen molar-refractivity contribution in [3.8, 4) is 0 Å². The van der Waals surface area contributed by atoms with Crippen LogP contribution in [0, 0.1) is 0 Å². The minimum Gasteiger partial charge on any atom is -0.461 e. The Bertz CT molecular complexity index is 1950. The number of unbranched alkanes of at least 4 members (excludes halogenated alkanes) is 11. The van der Waals surface area contributed by atoms with Crippen molar-refractivity contribution in [2.75, 3.05) is 27.9 Å². The third-order valence-corrected chi connectivity index (χ3v) is 11.2. The van der Waals surface area contributed by atoms with Gasteiger partial charge in [-0.1, -0.05) is 168 Å². The third-order valence-electron chi connectivity index (χ3n) is 11.2. The van der Waals surface area contributed by atoms with Crippen molar-refractivity contribution in [2.24, 2.45) is 0 Å². The Labute approximate surface area is 379 Å². The largest absolute Gasteiger partial charge is 0.461 e. The molecule has 0 saturated heterocycles. The summed E-state index contributed by atoms with van der Waals surface area (Å²) < 4.78 is 161. The van der Waals surface area contributed by atoms with E-state index in [0.717, 1.165) is 124 Å². The Balaban J connectivity index is 2.15. The summed E-state index contributed by atoms with van der Waals surface area (Å²) in [4.78, 5) is 42.0. The molecule has 0 heterocycles. The molecule has 3 aromatic rings. The average molecular weight is 948 g/mol. The minimum atomic E-state index is -5.57. The molecular weight excluding hydrogens is 890 g/mol. The molecule has 66 heavy (non-hydrogen) atoms. The molecule has 0 aromatic heterocycles. The van der Waals surface area contributed by atoms with Crippen molar-refractivity contribution >= 4 is 17.8 Å². The second-order valence-corrected chi connectivity index (χ2v) is 15.5. The molecule has 366 valence electrons. The number of carbonyl (C=O) groups is 3. The molecule has 0 unspecified atom stereocenters. The van der Waals surface area contributed by atoms with Gasteiger partial charge in [0.1, 0.15) is 18.8 Å². The van der Waals surface area contributed by atoms with Crippen LogP contribution in [0.5, 0.6) is 0 Å². The molecule has 0 spiro atoms. The van der Waals surface area contributed by atoms with Gasteiger partial charge in [-0.05, 0) is 18.9 Å². The summed E-state index contributed by atoms with van der Waals surface area (Å²) in [7, 11) is 1.65. The van der Waals surface area contributed by atoms with Crippen molar-refractivity contribution in [3.63, 3.8) is 0 Å². The highest BCUT2D eigenvalue weighted by atomic mass is 19.4. The van der Waals surface area contributed by atoms with E-state index in [1.54, 1.807) is 0 Å². The van der Waals surface area contributed by atoms with Crippen molar-refractivity contribution in [1.29, 1.82) is 0 Å². The molecule has 0 bridgehead atoms. The molecule has 1 N–H and O–H groups in total. The van der Waals surface area contributed by atoms with E-state index in [0.29, 0.717) is 34.2 Å². The Morgan fingerprint density at radius 1 is 0.530 bits per heavy atom.